The van der Waals surface area contributed by atoms with E-state index >= 15 is 0 Å². The van der Waals surface area contributed by atoms with Gasteiger partial charge in [-0.1, -0.05) is 92.5 Å². The summed E-state index contributed by atoms with van der Waals surface area (Å²) in [5, 5.41) is 0. The summed E-state index contributed by atoms with van der Waals surface area (Å²) in [5.74, 6) is 11.8. The lowest BCUT2D eigenvalue weighted by molar-refractivity contribution is 0.607. The molecule has 0 N–H and O–H groups in total. The molecule has 0 aromatic heterocycles. The predicted molar refractivity (Wildman–Crippen MR) is 133 cm³/mol. The van der Waals surface area contributed by atoms with Gasteiger partial charge in [-0.3, -0.25) is 0 Å². The van der Waals surface area contributed by atoms with E-state index in [4.69, 9.17) is 0 Å². The standard InChI is InChI=1S/C31H31F/c1-3-4-5-6-7-8-9-26-14-16-28(17-15-26)18-19-29-21-23-30(31(32)24-29)22-20-27-12-10-25(2)11-13-27/h10-17,21,23-24H,3-9H2,1-2H3. The molecule has 0 atom stereocenters. The highest BCUT2D eigenvalue weighted by molar-refractivity contribution is 5.49. The maximum Gasteiger partial charge on any atom is 0.140 e. The summed E-state index contributed by atoms with van der Waals surface area (Å²) in [6.45, 7) is 4.28. The quantitative estimate of drug-likeness (QED) is 0.269. The Kier molecular flexibility index (Phi) is 9.16. The van der Waals surface area contributed by atoms with Gasteiger partial charge in [-0.05, 0) is 67.8 Å². The molecule has 3 rings (SSSR count). The largest absolute Gasteiger partial charge is 0.206 e. The number of hydrogen-bond acceptors (Lipinski definition) is 0. The SMILES string of the molecule is CCCCCCCCc1ccc(C#Cc2ccc(C#Cc3ccc(C)cc3)c(F)c2)cc1. The molecule has 0 aliphatic heterocycles. The van der Waals surface area contributed by atoms with Gasteiger partial charge in [-0.15, -0.1) is 0 Å². The number of unbranched alkanes of at least 4 members (excludes halogenated alkanes) is 5. The maximum absolute atomic E-state index is 14.4. The van der Waals surface area contributed by atoms with Gasteiger partial charge in [-0.25, -0.2) is 4.39 Å². The third-order valence-corrected chi connectivity index (χ3v) is 5.49. The topological polar surface area (TPSA) is 0 Å². The minimum Gasteiger partial charge on any atom is -0.206 e. The fourth-order valence-electron chi connectivity index (χ4n) is 3.48. The molecule has 0 amide bonds. The van der Waals surface area contributed by atoms with Crippen molar-refractivity contribution in [2.45, 2.75) is 58.8 Å². The third-order valence-electron chi connectivity index (χ3n) is 5.49. The Morgan fingerprint density at radius 3 is 1.88 bits per heavy atom. The first-order chi connectivity index (χ1) is 15.6. The molecule has 32 heavy (non-hydrogen) atoms. The van der Waals surface area contributed by atoms with Crippen LogP contribution in [0.15, 0.2) is 66.7 Å². The van der Waals surface area contributed by atoms with Crippen LogP contribution in [-0.4, -0.2) is 0 Å². The fourth-order valence-corrected chi connectivity index (χ4v) is 3.48. The smallest absolute Gasteiger partial charge is 0.140 e. The van der Waals surface area contributed by atoms with Crippen molar-refractivity contribution in [2.24, 2.45) is 0 Å². The summed E-state index contributed by atoms with van der Waals surface area (Å²) in [6.07, 6.45) is 9.00. The second-order valence-corrected chi connectivity index (χ2v) is 8.28. The van der Waals surface area contributed by atoms with Crippen LogP contribution in [0.25, 0.3) is 0 Å². The van der Waals surface area contributed by atoms with Crippen LogP contribution in [0.2, 0.25) is 0 Å². The molecule has 162 valence electrons. The lowest BCUT2D eigenvalue weighted by Gasteiger charge is -2.02. The van der Waals surface area contributed by atoms with E-state index in [0.717, 1.165) is 17.5 Å². The molecule has 0 aliphatic rings. The van der Waals surface area contributed by atoms with Gasteiger partial charge in [0.25, 0.3) is 0 Å². The molecule has 0 nitrogen and oxygen atoms in total. The Morgan fingerprint density at radius 1 is 0.625 bits per heavy atom. The average Bonchev–Trinajstić information content (AvgIpc) is 2.81. The Morgan fingerprint density at radius 2 is 1.19 bits per heavy atom. The molecular formula is C31H31F. The van der Waals surface area contributed by atoms with E-state index in [1.165, 1.54) is 55.7 Å². The highest BCUT2D eigenvalue weighted by atomic mass is 19.1. The zero-order chi connectivity index (χ0) is 22.6. The van der Waals surface area contributed by atoms with E-state index < -0.39 is 0 Å². The van der Waals surface area contributed by atoms with Crippen molar-refractivity contribution >= 4 is 0 Å². The minimum absolute atomic E-state index is 0.342. The zero-order valence-electron chi connectivity index (χ0n) is 19.2. The monoisotopic (exact) mass is 422 g/mol. The molecule has 0 unspecified atom stereocenters. The molecular weight excluding hydrogens is 391 g/mol. The fraction of sp³-hybridized carbons (Fsp3) is 0.290. The van der Waals surface area contributed by atoms with E-state index in [-0.39, 0.29) is 5.82 Å². The van der Waals surface area contributed by atoms with Gasteiger partial charge in [0.1, 0.15) is 5.82 Å². The molecule has 0 bridgehead atoms. The molecule has 0 aliphatic carbocycles. The highest BCUT2D eigenvalue weighted by Gasteiger charge is 2.00. The van der Waals surface area contributed by atoms with Crippen molar-refractivity contribution in [2.75, 3.05) is 0 Å². The van der Waals surface area contributed by atoms with E-state index in [1.54, 1.807) is 6.07 Å². The van der Waals surface area contributed by atoms with Crippen molar-refractivity contribution in [1.29, 1.82) is 0 Å². The van der Waals surface area contributed by atoms with E-state index in [0.29, 0.717) is 11.1 Å². The first-order valence-electron chi connectivity index (χ1n) is 11.6. The van der Waals surface area contributed by atoms with Crippen LogP contribution in [0.5, 0.6) is 0 Å². The van der Waals surface area contributed by atoms with Crippen LogP contribution in [-0.2, 0) is 6.42 Å². The van der Waals surface area contributed by atoms with Crippen LogP contribution in [0.1, 0.15) is 78.8 Å². The first-order valence-corrected chi connectivity index (χ1v) is 11.6. The lowest BCUT2D eigenvalue weighted by Crippen LogP contribution is -1.87. The summed E-state index contributed by atoms with van der Waals surface area (Å²) in [4.78, 5) is 0. The summed E-state index contributed by atoms with van der Waals surface area (Å²) in [6, 6.07) is 21.3. The zero-order valence-corrected chi connectivity index (χ0v) is 19.2. The Bertz CT molecular complexity index is 1110. The number of aryl methyl sites for hydroxylation is 2. The van der Waals surface area contributed by atoms with Gasteiger partial charge in [0.05, 0.1) is 5.56 Å². The first kappa shape index (κ1) is 23.4. The van der Waals surface area contributed by atoms with Crippen molar-refractivity contribution in [3.8, 4) is 23.7 Å². The molecule has 0 spiro atoms. The van der Waals surface area contributed by atoms with Gasteiger partial charge in [0.15, 0.2) is 0 Å². The van der Waals surface area contributed by atoms with E-state index in [1.807, 2.05) is 37.3 Å². The summed E-state index contributed by atoms with van der Waals surface area (Å²) in [7, 11) is 0. The summed E-state index contributed by atoms with van der Waals surface area (Å²) < 4.78 is 14.4. The van der Waals surface area contributed by atoms with E-state index in [9.17, 15) is 4.39 Å². The van der Waals surface area contributed by atoms with Crippen molar-refractivity contribution in [3.63, 3.8) is 0 Å². The third kappa shape index (κ3) is 7.76. The van der Waals surface area contributed by atoms with Crippen LogP contribution in [0, 0.1) is 36.4 Å². The molecule has 0 fully saturated rings. The second-order valence-electron chi connectivity index (χ2n) is 8.28. The van der Waals surface area contributed by atoms with Gasteiger partial charge in [0, 0.05) is 16.7 Å². The van der Waals surface area contributed by atoms with Crippen LogP contribution in [0.3, 0.4) is 0 Å². The van der Waals surface area contributed by atoms with Gasteiger partial charge in [-0.2, -0.15) is 0 Å². The van der Waals surface area contributed by atoms with Crippen LogP contribution in [0.4, 0.5) is 4.39 Å². The maximum atomic E-state index is 14.4. The number of benzene rings is 3. The average molecular weight is 423 g/mol. The van der Waals surface area contributed by atoms with Crippen LogP contribution >= 0.6 is 0 Å². The van der Waals surface area contributed by atoms with Crippen molar-refractivity contribution < 1.29 is 4.39 Å². The number of rotatable bonds is 7. The molecule has 3 aromatic rings. The lowest BCUT2D eigenvalue weighted by atomic mass is 10.0. The van der Waals surface area contributed by atoms with Crippen LogP contribution < -0.4 is 0 Å². The van der Waals surface area contributed by atoms with Gasteiger partial charge < -0.3 is 0 Å². The van der Waals surface area contributed by atoms with Crippen molar-refractivity contribution in [1.82, 2.24) is 0 Å². The minimum atomic E-state index is -0.342. The Labute approximate surface area is 192 Å². The summed E-state index contributed by atoms with van der Waals surface area (Å²) >= 11 is 0. The number of halogens is 1. The Balaban J connectivity index is 1.56. The van der Waals surface area contributed by atoms with E-state index in [2.05, 4.69) is 54.9 Å². The molecule has 0 radical (unpaired) electrons. The molecule has 0 saturated carbocycles. The highest BCUT2D eigenvalue weighted by Crippen LogP contribution is 2.12. The van der Waals surface area contributed by atoms with Crippen molar-refractivity contribution in [3.05, 3.63) is 106 Å². The normalized spacial score (nSPS) is 10.1. The van der Waals surface area contributed by atoms with Gasteiger partial charge >= 0.3 is 0 Å². The number of hydrogen-bond donors (Lipinski definition) is 0. The molecule has 3 aromatic carbocycles. The predicted octanol–water partition coefficient (Wildman–Crippen LogP) is 7.84. The molecule has 0 heterocycles. The second kappa shape index (κ2) is 12.5. The molecule has 1 heteroatoms. The molecule has 0 saturated heterocycles. The Hall–Kier alpha value is -3.29. The summed E-state index contributed by atoms with van der Waals surface area (Å²) in [5.41, 5.74) is 5.39. The van der Waals surface area contributed by atoms with Gasteiger partial charge in [0.2, 0.25) is 0 Å².